The molecule has 0 N–H and O–H groups in total. The van der Waals surface area contributed by atoms with E-state index in [1.807, 2.05) is 22.6 Å². The van der Waals surface area contributed by atoms with Crippen molar-refractivity contribution in [2.75, 3.05) is 7.05 Å². The Bertz CT molecular complexity index is 501. The van der Waals surface area contributed by atoms with Crippen molar-refractivity contribution in [3.05, 3.63) is 34.9 Å². The lowest BCUT2D eigenvalue weighted by Gasteiger charge is -2.11. The number of nitrogens with zero attached hydrogens (tertiary/aromatic N) is 2. The van der Waals surface area contributed by atoms with Gasteiger partial charge in [-0.1, -0.05) is 12.1 Å². The molecule has 1 aromatic carbocycles. The third-order valence-electron chi connectivity index (χ3n) is 2.27. The van der Waals surface area contributed by atoms with Crippen LogP contribution in [-0.2, 0) is 6.18 Å². The molecule has 0 atom stereocenters. The van der Waals surface area contributed by atoms with Gasteiger partial charge < -0.3 is 0 Å². The van der Waals surface area contributed by atoms with E-state index >= 15 is 0 Å². The van der Waals surface area contributed by atoms with Crippen LogP contribution in [0.15, 0.2) is 28.2 Å². The lowest BCUT2D eigenvalue weighted by atomic mass is 10.0. The van der Waals surface area contributed by atoms with Gasteiger partial charge in [-0.25, -0.2) is 4.99 Å². The second-order valence-electron chi connectivity index (χ2n) is 3.68. The fourth-order valence-corrected chi connectivity index (χ4v) is 1.68. The van der Waals surface area contributed by atoms with Gasteiger partial charge in [-0.2, -0.15) is 13.2 Å². The molecule has 0 fully saturated rings. The monoisotopic (exact) mass is 368 g/mol. The predicted octanol–water partition coefficient (Wildman–Crippen LogP) is 4.24. The number of hydrogen-bond acceptors (Lipinski definition) is 1. The van der Waals surface area contributed by atoms with Gasteiger partial charge in [0.05, 0.1) is 9.28 Å². The quantitative estimate of drug-likeness (QED) is 0.403. The Labute approximate surface area is 117 Å². The first-order valence-corrected chi connectivity index (χ1v) is 6.19. The van der Waals surface area contributed by atoms with Crippen LogP contribution in [-0.4, -0.2) is 16.6 Å². The van der Waals surface area contributed by atoms with Crippen molar-refractivity contribution in [2.45, 2.75) is 20.0 Å². The highest BCUT2D eigenvalue weighted by atomic mass is 127. The highest BCUT2D eigenvalue weighted by molar-refractivity contribution is 14.1. The van der Waals surface area contributed by atoms with Crippen LogP contribution in [0.4, 0.5) is 13.2 Å². The predicted molar refractivity (Wildman–Crippen MR) is 75.8 cm³/mol. The van der Waals surface area contributed by atoms with Gasteiger partial charge in [-0.15, -0.1) is 0 Å². The summed E-state index contributed by atoms with van der Waals surface area (Å²) in [6.07, 6.45) is -4.36. The third kappa shape index (κ3) is 3.79. The standard InChI is InChI=1S/C12H12F3IN2/c1-7-4-5-9(6-10(7)12(13,14)15)11(17-3)18-8(2)16/h4-6H,1-3H3. The van der Waals surface area contributed by atoms with Crippen LogP contribution in [0, 0.1) is 6.92 Å². The van der Waals surface area contributed by atoms with Gasteiger partial charge in [-0.05, 0) is 48.1 Å². The zero-order valence-electron chi connectivity index (χ0n) is 10.1. The summed E-state index contributed by atoms with van der Waals surface area (Å²) in [5.41, 5.74) is -0.0919. The Kier molecular flexibility index (Phi) is 4.89. The molecule has 0 radical (unpaired) electrons. The van der Waals surface area contributed by atoms with E-state index in [0.717, 1.165) is 6.07 Å². The van der Waals surface area contributed by atoms with Crippen LogP contribution in [0.5, 0.6) is 0 Å². The molecule has 0 saturated carbocycles. The SMILES string of the molecule is CN=C(N=C(C)I)c1ccc(C)c(C(F)(F)F)c1. The summed E-state index contributed by atoms with van der Waals surface area (Å²) in [5, 5.41) is 0. The molecule has 0 aliphatic rings. The number of aliphatic imine (C=N–C) groups is 2. The molecule has 2 nitrogen and oxygen atoms in total. The van der Waals surface area contributed by atoms with E-state index in [1.165, 1.54) is 20.0 Å². The van der Waals surface area contributed by atoms with Crippen LogP contribution in [0.2, 0.25) is 0 Å². The lowest BCUT2D eigenvalue weighted by Crippen LogP contribution is -2.10. The molecule has 1 rings (SSSR count). The molecule has 0 bridgehead atoms. The molecule has 0 aliphatic carbocycles. The number of benzene rings is 1. The first-order valence-electron chi connectivity index (χ1n) is 5.11. The van der Waals surface area contributed by atoms with Gasteiger partial charge in [0.15, 0.2) is 5.84 Å². The average molecular weight is 368 g/mol. The average Bonchev–Trinajstić information content (AvgIpc) is 2.25. The number of amidine groups is 1. The van der Waals surface area contributed by atoms with Crippen molar-refractivity contribution in [1.82, 2.24) is 0 Å². The Morgan fingerprint density at radius 3 is 2.33 bits per heavy atom. The van der Waals surface area contributed by atoms with Crippen molar-refractivity contribution < 1.29 is 13.2 Å². The maximum atomic E-state index is 12.8. The second kappa shape index (κ2) is 5.81. The van der Waals surface area contributed by atoms with E-state index in [9.17, 15) is 13.2 Å². The van der Waals surface area contributed by atoms with Gasteiger partial charge in [0.25, 0.3) is 0 Å². The van der Waals surface area contributed by atoms with Crippen molar-refractivity contribution in [3.63, 3.8) is 0 Å². The van der Waals surface area contributed by atoms with Gasteiger partial charge in [0.2, 0.25) is 0 Å². The molecule has 98 valence electrons. The molecule has 1 aromatic rings. The molecule has 18 heavy (non-hydrogen) atoms. The Hall–Kier alpha value is -0.920. The van der Waals surface area contributed by atoms with Crippen molar-refractivity contribution in [1.29, 1.82) is 0 Å². The maximum absolute atomic E-state index is 12.8. The minimum absolute atomic E-state index is 0.192. The fraction of sp³-hybridized carbons (Fsp3) is 0.333. The van der Waals surface area contributed by atoms with Crippen LogP contribution < -0.4 is 0 Å². The summed E-state index contributed by atoms with van der Waals surface area (Å²) in [5.74, 6) is 0.299. The van der Waals surface area contributed by atoms with Crippen LogP contribution in [0.25, 0.3) is 0 Å². The molecule has 6 heteroatoms. The highest BCUT2D eigenvalue weighted by Crippen LogP contribution is 2.32. The third-order valence-corrected chi connectivity index (χ3v) is 2.51. The molecule has 0 amide bonds. The van der Waals surface area contributed by atoms with E-state index < -0.39 is 11.7 Å². The van der Waals surface area contributed by atoms with Crippen LogP contribution >= 0.6 is 22.6 Å². The van der Waals surface area contributed by atoms with E-state index in [4.69, 9.17) is 0 Å². The van der Waals surface area contributed by atoms with E-state index in [1.54, 1.807) is 13.0 Å². The zero-order valence-corrected chi connectivity index (χ0v) is 12.3. The molecule has 0 saturated heterocycles. The summed E-state index contributed by atoms with van der Waals surface area (Å²) >= 11 is 1.99. The summed E-state index contributed by atoms with van der Waals surface area (Å²) in [7, 11) is 1.51. The van der Waals surface area contributed by atoms with Gasteiger partial charge in [-0.3, -0.25) is 4.99 Å². The minimum atomic E-state index is -4.36. The fourth-order valence-electron chi connectivity index (χ4n) is 1.46. The van der Waals surface area contributed by atoms with E-state index in [0.29, 0.717) is 15.1 Å². The number of aryl methyl sites for hydroxylation is 1. The van der Waals surface area contributed by atoms with Crippen molar-refractivity contribution >= 4 is 32.1 Å². The number of rotatable bonds is 1. The molecular formula is C12H12F3IN2. The Morgan fingerprint density at radius 1 is 1.28 bits per heavy atom. The minimum Gasteiger partial charge on any atom is -0.270 e. The van der Waals surface area contributed by atoms with Crippen LogP contribution in [0.3, 0.4) is 0 Å². The lowest BCUT2D eigenvalue weighted by molar-refractivity contribution is -0.138. The first-order chi connectivity index (χ1) is 8.25. The van der Waals surface area contributed by atoms with Gasteiger partial charge in [0.1, 0.15) is 0 Å². The smallest absolute Gasteiger partial charge is 0.270 e. The Morgan fingerprint density at radius 2 is 1.89 bits per heavy atom. The van der Waals surface area contributed by atoms with Gasteiger partial charge in [0, 0.05) is 12.6 Å². The normalized spacial score (nSPS) is 13.9. The van der Waals surface area contributed by atoms with Crippen molar-refractivity contribution in [2.24, 2.45) is 9.98 Å². The van der Waals surface area contributed by atoms with Gasteiger partial charge >= 0.3 is 6.18 Å². The summed E-state index contributed by atoms with van der Waals surface area (Å²) in [6.45, 7) is 3.19. The summed E-state index contributed by atoms with van der Waals surface area (Å²) < 4.78 is 39.1. The number of halogens is 4. The van der Waals surface area contributed by atoms with Crippen molar-refractivity contribution in [3.8, 4) is 0 Å². The number of alkyl halides is 3. The first kappa shape index (κ1) is 15.1. The molecular weight excluding hydrogens is 356 g/mol. The molecule has 0 heterocycles. The zero-order chi connectivity index (χ0) is 13.9. The topological polar surface area (TPSA) is 24.7 Å². The largest absolute Gasteiger partial charge is 0.416 e. The molecule has 0 unspecified atom stereocenters. The summed E-state index contributed by atoms with van der Waals surface area (Å²) in [4.78, 5) is 8.01. The molecule has 0 aliphatic heterocycles. The maximum Gasteiger partial charge on any atom is 0.416 e. The van der Waals surface area contributed by atoms with Crippen LogP contribution in [0.1, 0.15) is 23.6 Å². The second-order valence-corrected chi connectivity index (χ2v) is 5.24. The van der Waals surface area contributed by atoms with E-state index in [2.05, 4.69) is 9.98 Å². The Balaban J connectivity index is 3.33. The number of hydrogen-bond donors (Lipinski definition) is 0. The van der Waals surface area contributed by atoms with E-state index in [-0.39, 0.29) is 5.56 Å². The molecule has 0 aromatic heterocycles. The summed E-state index contributed by atoms with van der Waals surface area (Å²) in [6, 6.07) is 4.11. The molecule has 0 spiro atoms. The highest BCUT2D eigenvalue weighted by Gasteiger charge is 2.32.